The quantitative estimate of drug-likeness (QED) is 0.718. The molecule has 0 aromatic rings. The van der Waals surface area contributed by atoms with E-state index in [1.165, 1.54) is 6.42 Å². The van der Waals surface area contributed by atoms with Crippen LogP contribution in [0.4, 0.5) is 0 Å². The van der Waals surface area contributed by atoms with E-state index in [0.29, 0.717) is 18.3 Å². The van der Waals surface area contributed by atoms with Crippen molar-refractivity contribution in [1.29, 1.82) is 0 Å². The lowest BCUT2D eigenvalue weighted by molar-refractivity contribution is -0.115. The molecule has 124 valence electrons. The Morgan fingerprint density at radius 1 is 1.18 bits per heavy atom. The summed E-state index contributed by atoms with van der Waals surface area (Å²) < 4.78 is 30.3. The Bertz CT molecular complexity index is 517. The zero-order valence-electron chi connectivity index (χ0n) is 13.4. The van der Waals surface area contributed by atoms with Gasteiger partial charge in [0, 0.05) is 12.3 Å². The van der Waals surface area contributed by atoms with Gasteiger partial charge in [0.1, 0.15) is 5.31 Å². The van der Waals surface area contributed by atoms with Gasteiger partial charge in [-0.2, -0.15) is 0 Å². The summed E-state index contributed by atoms with van der Waals surface area (Å²) in [6, 6.07) is 0. The smallest absolute Gasteiger partial charge is 0.364 e. The average molecular weight is 328 g/mol. The maximum absolute atomic E-state index is 13.2. The largest absolute Gasteiger partial charge is 0.370 e. The summed E-state index contributed by atoms with van der Waals surface area (Å²) in [4.78, 5) is 12.6. The number of Topliss-reactive ketones (excluding diaryl/α,β-unsaturated/α-hetero) is 1. The highest BCUT2D eigenvalue weighted by atomic mass is 31.2. The lowest BCUT2D eigenvalue weighted by atomic mass is 9.78. The van der Waals surface area contributed by atoms with Gasteiger partial charge in [-0.3, -0.25) is 9.36 Å². The second-order valence-electron chi connectivity index (χ2n) is 6.29. The minimum Gasteiger partial charge on any atom is -0.370 e. The van der Waals surface area contributed by atoms with Gasteiger partial charge in [0.2, 0.25) is 0 Å². The zero-order valence-corrected chi connectivity index (χ0v) is 14.3. The van der Waals surface area contributed by atoms with Crippen LogP contribution in [-0.4, -0.2) is 31.2 Å². The van der Waals surface area contributed by atoms with Crippen LogP contribution in [0.2, 0.25) is 0 Å². The number of fused-ring (bicyclic) bond motifs is 2. The van der Waals surface area contributed by atoms with Gasteiger partial charge in [-0.15, -0.1) is 0 Å². The maximum Gasteiger partial charge on any atom is 0.364 e. The number of carbonyl (C=O) groups excluding carboxylic acids is 1. The van der Waals surface area contributed by atoms with Crippen molar-refractivity contribution >= 4 is 13.4 Å². The third-order valence-corrected chi connectivity index (χ3v) is 7.18. The van der Waals surface area contributed by atoms with Gasteiger partial charge in [-0.05, 0) is 32.3 Å². The van der Waals surface area contributed by atoms with Crippen LogP contribution in [0, 0.1) is 5.92 Å². The first-order valence-corrected chi connectivity index (χ1v) is 9.92. The number of hydrogen-bond acceptors (Lipinski definition) is 5. The van der Waals surface area contributed by atoms with E-state index in [0.717, 1.165) is 31.3 Å². The molecule has 1 unspecified atom stereocenters. The molecule has 1 spiro atoms. The van der Waals surface area contributed by atoms with E-state index >= 15 is 0 Å². The van der Waals surface area contributed by atoms with Crippen molar-refractivity contribution in [3.8, 4) is 0 Å². The van der Waals surface area contributed by atoms with Gasteiger partial charge < -0.3 is 13.8 Å². The molecule has 0 radical (unpaired) electrons. The van der Waals surface area contributed by atoms with Crippen molar-refractivity contribution in [3.63, 3.8) is 0 Å². The molecule has 22 heavy (non-hydrogen) atoms. The van der Waals surface area contributed by atoms with Crippen LogP contribution >= 0.6 is 7.60 Å². The Kier molecular flexibility index (Phi) is 4.61. The van der Waals surface area contributed by atoms with Crippen LogP contribution < -0.4 is 0 Å². The van der Waals surface area contributed by atoms with Gasteiger partial charge in [0.15, 0.2) is 5.78 Å². The fourth-order valence-corrected chi connectivity index (χ4v) is 6.27. The van der Waals surface area contributed by atoms with E-state index < -0.39 is 13.2 Å². The van der Waals surface area contributed by atoms with Crippen LogP contribution in [-0.2, 0) is 23.1 Å². The fraction of sp³-hybridized carbons (Fsp3) is 0.812. The maximum atomic E-state index is 13.2. The van der Waals surface area contributed by atoms with Crippen molar-refractivity contribution in [3.05, 3.63) is 10.9 Å². The van der Waals surface area contributed by atoms with E-state index in [9.17, 15) is 9.36 Å². The predicted molar refractivity (Wildman–Crippen MR) is 82.8 cm³/mol. The Balaban J connectivity index is 2.08. The molecule has 2 aliphatic carbocycles. The van der Waals surface area contributed by atoms with Gasteiger partial charge in [0.25, 0.3) is 0 Å². The molecular weight excluding hydrogens is 303 g/mol. The van der Waals surface area contributed by atoms with E-state index in [4.69, 9.17) is 13.8 Å². The molecule has 3 rings (SSSR count). The third kappa shape index (κ3) is 2.52. The molecule has 2 fully saturated rings. The highest BCUT2D eigenvalue weighted by Gasteiger charge is 2.56. The monoisotopic (exact) mass is 328 g/mol. The van der Waals surface area contributed by atoms with Gasteiger partial charge in [0.05, 0.1) is 25.4 Å². The second-order valence-corrected chi connectivity index (χ2v) is 8.24. The van der Waals surface area contributed by atoms with Crippen LogP contribution in [0.5, 0.6) is 0 Å². The molecule has 1 aliphatic heterocycles. The first-order valence-electron chi connectivity index (χ1n) is 8.38. The van der Waals surface area contributed by atoms with Gasteiger partial charge in [-0.1, -0.05) is 19.3 Å². The third-order valence-electron chi connectivity index (χ3n) is 4.94. The summed E-state index contributed by atoms with van der Waals surface area (Å²) in [5.74, 6) is -0.00619. The SMILES string of the molecule is CCOP(=O)(OCC)C1=C2C(COC23CCCCC3)CC1=O. The van der Waals surface area contributed by atoms with Gasteiger partial charge >= 0.3 is 7.60 Å². The molecule has 1 heterocycles. The van der Waals surface area contributed by atoms with Crippen LogP contribution in [0.1, 0.15) is 52.4 Å². The number of carbonyl (C=O) groups is 1. The Morgan fingerprint density at radius 2 is 1.82 bits per heavy atom. The molecule has 0 N–H and O–H groups in total. The normalized spacial score (nSPS) is 27.7. The summed E-state index contributed by atoms with van der Waals surface area (Å²) >= 11 is 0. The lowest BCUT2D eigenvalue weighted by Gasteiger charge is -2.35. The predicted octanol–water partition coefficient (Wildman–Crippen LogP) is 3.83. The van der Waals surface area contributed by atoms with E-state index in [1.807, 2.05) is 0 Å². The zero-order chi connectivity index (χ0) is 15.8. The second kappa shape index (κ2) is 6.20. The minimum absolute atomic E-state index is 0.0647. The molecular formula is C16H25O5P. The van der Waals surface area contributed by atoms with E-state index in [2.05, 4.69) is 0 Å². The van der Waals surface area contributed by atoms with Crippen molar-refractivity contribution in [2.24, 2.45) is 5.92 Å². The molecule has 1 saturated carbocycles. The van der Waals surface area contributed by atoms with Crippen molar-refractivity contribution in [2.45, 2.75) is 58.0 Å². The van der Waals surface area contributed by atoms with Crippen LogP contribution in [0.15, 0.2) is 10.9 Å². The minimum atomic E-state index is -3.54. The van der Waals surface area contributed by atoms with E-state index in [-0.39, 0.29) is 24.9 Å². The van der Waals surface area contributed by atoms with Crippen molar-refractivity contribution in [2.75, 3.05) is 19.8 Å². The Morgan fingerprint density at radius 3 is 2.41 bits per heavy atom. The topological polar surface area (TPSA) is 61.8 Å². The lowest BCUT2D eigenvalue weighted by Crippen LogP contribution is -2.33. The average Bonchev–Trinajstić information content (AvgIpc) is 2.99. The molecule has 0 bridgehead atoms. The summed E-state index contributed by atoms with van der Waals surface area (Å²) in [5, 5.41) is 0.320. The van der Waals surface area contributed by atoms with Crippen molar-refractivity contribution in [1.82, 2.24) is 0 Å². The van der Waals surface area contributed by atoms with Crippen molar-refractivity contribution < 1.29 is 23.1 Å². The number of ether oxygens (including phenoxy) is 1. The van der Waals surface area contributed by atoms with Gasteiger partial charge in [-0.25, -0.2) is 0 Å². The summed E-state index contributed by atoms with van der Waals surface area (Å²) in [7, 11) is -3.54. The van der Waals surface area contributed by atoms with Crippen LogP contribution in [0.3, 0.4) is 0 Å². The highest BCUT2D eigenvalue weighted by molar-refractivity contribution is 7.60. The molecule has 0 amide bonds. The fourth-order valence-electron chi connectivity index (χ4n) is 4.18. The molecule has 0 aromatic heterocycles. The molecule has 0 aromatic carbocycles. The summed E-state index contributed by atoms with van der Waals surface area (Å²) in [6.45, 7) is 4.63. The van der Waals surface area contributed by atoms with Crippen LogP contribution in [0.25, 0.3) is 0 Å². The number of ketones is 1. The molecule has 3 aliphatic rings. The molecule has 5 nitrogen and oxygen atoms in total. The molecule has 1 saturated heterocycles. The summed E-state index contributed by atoms with van der Waals surface area (Å²) in [5.41, 5.74) is 0.552. The highest BCUT2D eigenvalue weighted by Crippen LogP contribution is 2.65. The Hall–Kier alpha value is -0.480. The number of hydrogen-bond donors (Lipinski definition) is 0. The van der Waals surface area contributed by atoms with E-state index in [1.54, 1.807) is 13.8 Å². The number of allylic oxidation sites excluding steroid dienone is 1. The number of rotatable bonds is 5. The standard InChI is InChI=1S/C16H25O5P/c1-3-20-22(18,21-4-2)15-13(17)10-12-11-19-16(14(12)15)8-6-5-7-9-16/h12H,3-11H2,1-2H3. The summed E-state index contributed by atoms with van der Waals surface area (Å²) in [6.07, 6.45) is 5.58. The first-order chi connectivity index (χ1) is 10.6. The molecule has 6 heteroatoms. The first kappa shape index (κ1) is 16.4. The Labute approximate surface area is 131 Å². The molecule has 1 atom stereocenters.